The van der Waals surface area contributed by atoms with E-state index in [0.717, 1.165) is 6.07 Å². The van der Waals surface area contributed by atoms with Gasteiger partial charge in [-0.15, -0.1) is 0 Å². The maximum atomic E-state index is 13.3. The Bertz CT molecular complexity index is 518. The lowest BCUT2D eigenvalue weighted by molar-refractivity contribution is 0.0594. The van der Waals surface area contributed by atoms with Gasteiger partial charge in [0.05, 0.1) is 12.6 Å². The minimum atomic E-state index is -1.07. The largest absolute Gasteiger partial charge is 0.465 e. The molecule has 1 aliphatic heterocycles. The number of hydrogen-bond donors (Lipinski definition) is 1. The highest BCUT2D eigenvalue weighted by molar-refractivity contribution is 5.66. The molecule has 1 amide bonds. The lowest BCUT2D eigenvalue weighted by Crippen LogP contribution is -2.54. The zero-order valence-electron chi connectivity index (χ0n) is 12.3. The summed E-state index contributed by atoms with van der Waals surface area (Å²) in [6.45, 7) is 5.80. The van der Waals surface area contributed by atoms with Crippen LogP contribution in [0.2, 0.25) is 0 Å². The third-order valence-electron chi connectivity index (χ3n) is 3.42. The van der Waals surface area contributed by atoms with Crippen LogP contribution in [0.3, 0.4) is 0 Å². The third-order valence-corrected chi connectivity index (χ3v) is 3.42. The topological polar surface area (TPSA) is 53.1 Å². The number of nitrogens with zero attached hydrogens (tertiary/aromatic N) is 1. The zero-order valence-corrected chi connectivity index (χ0v) is 12.3. The molecule has 1 aromatic rings. The second-order valence-corrected chi connectivity index (χ2v) is 6.24. The number of hydrogen-bond acceptors (Lipinski definition) is 2. The molecule has 1 saturated heterocycles. The van der Waals surface area contributed by atoms with Crippen LogP contribution in [0.1, 0.15) is 26.3 Å². The number of carboxylic acid groups (broad SMARTS) is 1. The molecule has 21 heavy (non-hydrogen) atoms. The van der Waals surface area contributed by atoms with Crippen molar-refractivity contribution >= 4 is 6.09 Å². The molecule has 1 N–H and O–H groups in total. The zero-order chi connectivity index (χ0) is 15.8. The van der Waals surface area contributed by atoms with Crippen molar-refractivity contribution in [1.82, 2.24) is 4.90 Å². The maximum Gasteiger partial charge on any atom is 0.408 e. The van der Waals surface area contributed by atoms with Crippen LogP contribution in [0.15, 0.2) is 18.2 Å². The van der Waals surface area contributed by atoms with Crippen LogP contribution in [0, 0.1) is 11.6 Å². The highest BCUT2D eigenvalue weighted by Gasteiger charge is 2.43. The van der Waals surface area contributed by atoms with E-state index in [1.54, 1.807) is 20.8 Å². The van der Waals surface area contributed by atoms with E-state index in [1.165, 1.54) is 17.0 Å². The molecule has 0 spiro atoms. The van der Waals surface area contributed by atoms with Gasteiger partial charge >= 0.3 is 6.09 Å². The van der Waals surface area contributed by atoms with Gasteiger partial charge in [-0.25, -0.2) is 13.6 Å². The number of benzene rings is 1. The first kappa shape index (κ1) is 15.7. The molecule has 6 heteroatoms. The summed E-state index contributed by atoms with van der Waals surface area (Å²) < 4.78 is 31.8. The Morgan fingerprint density at radius 1 is 1.38 bits per heavy atom. The maximum absolute atomic E-state index is 13.3. The summed E-state index contributed by atoms with van der Waals surface area (Å²) in [5.74, 6) is -1.34. The summed E-state index contributed by atoms with van der Waals surface area (Å²) in [6, 6.07) is 2.77. The fraction of sp³-hybridized carbons (Fsp3) is 0.533. The first-order valence-corrected chi connectivity index (χ1v) is 6.77. The predicted octanol–water partition coefficient (Wildman–Crippen LogP) is 3.05. The van der Waals surface area contributed by atoms with Crippen LogP contribution in [0.4, 0.5) is 13.6 Å². The average molecular weight is 299 g/mol. The van der Waals surface area contributed by atoms with Gasteiger partial charge < -0.3 is 9.84 Å². The van der Waals surface area contributed by atoms with E-state index < -0.39 is 29.3 Å². The van der Waals surface area contributed by atoms with E-state index in [-0.39, 0.29) is 12.5 Å². The molecule has 0 aliphatic carbocycles. The monoisotopic (exact) mass is 299 g/mol. The number of rotatable bonds is 4. The van der Waals surface area contributed by atoms with Gasteiger partial charge in [0, 0.05) is 11.6 Å². The second kappa shape index (κ2) is 5.60. The Morgan fingerprint density at radius 3 is 2.29 bits per heavy atom. The van der Waals surface area contributed by atoms with Crippen molar-refractivity contribution in [3.63, 3.8) is 0 Å². The van der Waals surface area contributed by atoms with Crippen molar-refractivity contribution in [2.75, 3.05) is 6.61 Å². The molecule has 0 saturated carbocycles. The van der Waals surface area contributed by atoms with Gasteiger partial charge in [0.25, 0.3) is 0 Å². The van der Waals surface area contributed by atoms with Crippen molar-refractivity contribution in [2.45, 2.75) is 44.9 Å². The van der Waals surface area contributed by atoms with E-state index in [4.69, 9.17) is 4.74 Å². The van der Waals surface area contributed by atoms with E-state index in [0.29, 0.717) is 12.2 Å². The first-order chi connectivity index (χ1) is 9.68. The van der Waals surface area contributed by atoms with E-state index in [1.807, 2.05) is 0 Å². The second-order valence-electron chi connectivity index (χ2n) is 6.24. The molecule has 116 valence electrons. The Kier molecular flexibility index (Phi) is 4.18. The van der Waals surface area contributed by atoms with Gasteiger partial charge in [-0.2, -0.15) is 0 Å². The molecule has 0 radical (unpaired) electrons. The van der Waals surface area contributed by atoms with Gasteiger partial charge in [0.2, 0.25) is 0 Å². The van der Waals surface area contributed by atoms with Gasteiger partial charge in [0.1, 0.15) is 17.7 Å². The fourth-order valence-electron chi connectivity index (χ4n) is 2.56. The van der Waals surface area contributed by atoms with Crippen LogP contribution in [-0.2, 0) is 11.2 Å². The molecule has 2 atom stereocenters. The molecule has 0 unspecified atom stereocenters. The van der Waals surface area contributed by atoms with Crippen LogP contribution in [0.5, 0.6) is 0 Å². The quantitative estimate of drug-likeness (QED) is 0.869. The summed E-state index contributed by atoms with van der Waals surface area (Å²) in [6.07, 6.45) is -1.09. The predicted molar refractivity (Wildman–Crippen MR) is 73.2 cm³/mol. The normalized spacial score (nSPS) is 19.2. The van der Waals surface area contributed by atoms with Gasteiger partial charge in [0.15, 0.2) is 0 Å². The minimum absolute atomic E-state index is 0.211. The van der Waals surface area contributed by atoms with Crippen LogP contribution >= 0.6 is 0 Å². The van der Waals surface area contributed by atoms with Crippen molar-refractivity contribution in [3.8, 4) is 0 Å². The lowest BCUT2D eigenvalue weighted by Gasteiger charge is -2.39. The van der Waals surface area contributed by atoms with Crippen molar-refractivity contribution < 1.29 is 23.4 Å². The molecule has 1 aliphatic rings. The number of epoxide rings is 1. The standard InChI is InChI=1S/C15H19F2NO3/c1-15(2,3)18(14(19)20)12(13-8-21-13)6-9-4-10(16)7-11(17)5-9/h4-5,7,12-13H,6,8H2,1-3H3,(H,19,20)/t12-,13+/m0/s1. The highest BCUT2D eigenvalue weighted by Crippen LogP contribution is 2.29. The van der Waals surface area contributed by atoms with Crippen molar-refractivity contribution in [3.05, 3.63) is 35.4 Å². The van der Waals surface area contributed by atoms with Gasteiger partial charge in [-0.05, 0) is 44.9 Å². The Labute approximate surface area is 122 Å². The van der Waals surface area contributed by atoms with E-state index >= 15 is 0 Å². The smallest absolute Gasteiger partial charge is 0.408 e. The molecule has 2 rings (SSSR count). The molecule has 0 bridgehead atoms. The Balaban J connectivity index is 2.28. The third kappa shape index (κ3) is 3.91. The van der Waals surface area contributed by atoms with Gasteiger partial charge in [-0.3, -0.25) is 4.90 Å². The van der Waals surface area contributed by atoms with Crippen LogP contribution in [0.25, 0.3) is 0 Å². The number of carbonyl (C=O) groups is 1. The summed E-state index contributed by atoms with van der Waals surface area (Å²) in [5, 5.41) is 9.47. The summed E-state index contributed by atoms with van der Waals surface area (Å²) in [4.78, 5) is 12.9. The summed E-state index contributed by atoms with van der Waals surface area (Å²) >= 11 is 0. The number of halogens is 2. The number of ether oxygens (including phenoxy) is 1. The molecule has 1 heterocycles. The van der Waals surface area contributed by atoms with E-state index in [2.05, 4.69) is 0 Å². The Hall–Kier alpha value is -1.69. The number of amides is 1. The molecule has 4 nitrogen and oxygen atoms in total. The molecular formula is C15H19F2NO3. The van der Waals surface area contributed by atoms with Gasteiger partial charge in [-0.1, -0.05) is 0 Å². The summed E-state index contributed by atoms with van der Waals surface area (Å²) in [7, 11) is 0. The van der Waals surface area contributed by atoms with Crippen LogP contribution in [-0.4, -0.2) is 40.4 Å². The first-order valence-electron chi connectivity index (χ1n) is 6.77. The average Bonchev–Trinajstić information content (AvgIpc) is 3.07. The molecular weight excluding hydrogens is 280 g/mol. The van der Waals surface area contributed by atoms with E-state index in [9.17, 15) is 18.7 Å². The lowest BCUT2D eigenvalue weighted by atomic mass is 9.96. The highest BCUT2D eigenvalue weighted by atomic mass is 19.1. The molecule has 0 aromatic heterocycles. The van der Waals surface area contributed by atoms with Crippen LogP contribution < -0.4 is 0 Å². The Morgan fingerprint density at radius 2 is 1.90 bits per heavy atom. The summed E-state index contributed by atoms with van der Waals surface area (Å²) in [5.41, 5.74) is -0.211. The molecule has 1 aromatic carbocycles. The SMILES string of the molecule is CC(C)(C)N(C(=O)O)[C@@H](Cc1cc(F)cc(F)c1)[C@H]1CO1. The van der Waals surface area contributed by atoms with Crippen molar-refractivity contribution in [1.29, 1.82) is 0 Å². The minimum Gasteiger partial charge on any atom is -0.465 e. The molecule has 1 fully saturated rings. The fourth-order valence-corrected chi connectivity index (χ4v) is 2.56. The van der Waals surface area contributed by atoms with Crippen molar-refractivity contribution in [2.24, 2.45) is 0 Å².